The minimum Gasteiger partial charge on any atom is -0.463 e. The molecule has 1 heterocycles. The van der Waals surface area contributed by atoms with Gasteiger partial charge < -0.3 is 33.7 Å². The lowest BCUT2D eigenvalue weighted by atomic mass is 9.92. The summed E-state index contributed by atoms with van der Waals surface area (Å²) in [5, 5.41) is 2.54. The minimum absolute atomic E-state index is 0.493. The van der Waals surface area contributed by atoms with Crippen molar-refractivity contribution in [1.29, 1.82) is 0 Å². The van der Waals surface area contributed by atoms with Gasteiger partial charge in [0.25, 0.3) is 0 Å². The molecule has 1 amide bonds. The van der Waals surface area contributed by atoms with Crippen LogP contribution >= 0.6 is 7.60 Å². The fourth-order valence-electron chi connectivity index (χ4n) is 3.70. The summed E-state index contributed by atoms with van der Waals surface area (Å²) >= 11 is 0. The van der Waals surface area contributed by atoms with Crippen LogP contribution in [0.5, 0.6) is 0 Å². The summed E-state index contributed by atoms with van der Waals surface area (Å²) in [6.07, 6.45) is -6.17. The molecule has 0 radical (unpaired) electrons. The summed E-state index contributed by atoms with van der Waals surface area (Å²) < 4.78 is 56.8. The third kappa shape index (κ3) is 13.3. The van der Waals surface area contributed by atoms with Gasteiger partial charge in [-0.15, -0.1) is 0 Å². The Balaban J connectivity index is 3.51. The van der Waals surface area contributed by atoms with Crippen molar-refractivity contribution in [2.75, 3.05) is 26.4 Å². The third-order valence-corrected chi connectivity index (χ3v) is 7.53. The molecule has 0 unspecified atom stereocenters. The van der Waals surface area contributed by atoms with E-state index in [0.29, 0.717) is 0 Å². The van der Waals surface area contributed by atoms with E-state index in [0.717, 1.165) is 27.7 Å². The highest BCUT2D eigenvalue weighted by Gasteiger charge is 2.52. The van der Waals surface area contributed by atoms with E-state index in [-0.39, 0.29) is 0 Å². The summed E-state index contributed by atoms with van der Waals surface area (Å²) in [5.41, 5.74) is -1.85. The Morgan fingerprint density at radius 2 is 1.14 bits per heavy atom. The first-order valence-corrected chi connectivity index (χ1v) is 15.4. The minimum atomic E-state index is -4.44. The molecule has 44 heavy (non-hydrogen) atoms. The molecule has 5 atom stereocenters. The average molecular weight is 654 g/mol. The molecule has 252 valence electrons. The van der Waals surface area contributed by atoms with E-state index < -0.39 is 111 Å². The fourth-order valence-corrected chi connectivity index (χ4v) is 5.16. The summed E-state index contributed by atoms with van der Waals surface area (Å²) in [6, 6.07) is -1.32. The second kappa shape index (κ2) is 16.3. The van der Waals surface area contributed by atoms with Gasteiger partial charge in [-0.25, -0.2) is 0 Å². The van der Waals surface area contributed by atoms with Gasteiger partial charge in [-0.1, -0.05) is 0 Å². The highest BCUT2D eigenvalue weighted by molar-refractivity contribution is 7.53. The van der Waals surface area contributed by atoms with Crippen LogP contribution in [0.25, 0.3) is 0 Å². The normalized spacial score (nSPS) is 22.3. The van der Waals surface area contributed by atoms with Gasteiger partial charge in [0, 0.05) is 27.7 Å². The van der Waals surface area contributed by atoms with Crippen LogP contribution in [0.3, 0.4) is 0 Å². The number of ether oxygens (including phenoxy) is 6. The van der Waals surface area contributed by atoms with E-state index in [4.69, 9.17) is 37.5 Å². The molecule has 0 saturated carbocycles. The van der Waals surface area contributed by atoms with Crippen molar-refractivity contribution >= 4 is 43.3 Å². The molecule has 0 aromatic heterocycles. The van der Waals surface area contributed by atoms with Gasteiger partial charge in [-0.3, -0.25) is 42.4 Å². The SMILES string of the molecule is CC(=O)N[C@@H]1[C@@H](OC(C)=O)[C@H](OC(C)=O)[C@@H](COC(C)=O)O[C@@H]1CP(=O)(OCOC(=O)C(C)(C)C)OCOC(=O)C(C)(C)C. The Morgan fingerprint density at radius 3 is 1.52 bits per heavy atom. The molecule has 1 saturated heterocycles. The Labute approximate surface area is 256 Å². The lowest BCUT2D eigenvalue weighted by molar-refractivity contribution is -0.221. The van der Waals surface area contributed by atoms with E-state index in [9.17, 15) is 33.3 Å². The molecular weight excluding hydrogens is 609 g/mol. The summed E-state index contributed by atoms with van der Waals surface area (Å²) in [5.74, 6) is -4.34. The standard InChI is InChI=1S/C27H44NO15P/c1-15(29)28-21-20(43-19(11-36-16(2)30)22(41-17(3)31)23(21)42-18(4)32)12-44(35,39-13-37-24(33)26(5,6)7)40-14-38-25(34)27(8,9)10/h19-23H,11-14H2,1-10H3,(H,28,29)/t19-,20-,21+,22-,23-/m1/s1. The Kier molecular flexibility index (Phi) is 14.4. The van der Waals surface area contributed by atoms with E-state index in [1.807, 2.05) is 0 Å². The molecule has 0 aliphatic carbocycles. The molecule has 17 heteroatoms. The van der Waals surface area contributed by atoms with E-state index >= 15 is 0 Å². The Hall–Kier alpha value is -3.07. The van der Waals surface area contributed by atoms with Crippen LogP contribution < -0.4 is 5.32 Å². The number of rotatable bonds is 13. The van der Waals surface area contributed by atoms with Crippen LogP contribution in [0.2, 0.25) is 0 Å². The van der Waals surface area contributed by atoms with Gasteiger partial charge in [0.2, 0.25) is 19.5 Å². The fraction of sp³-hybridized carbons (Fsp3) is 0.778. The van der Waals surface area contributed by atoms with E-state index in [2.05, 4.69) is 5.32 Å². The summed E-state index contributed by atoms with van der Waals surface area (Å²) in [6.45, 7) is 11.8. The predicted molar refractivity (Wildman–Crippen MR) is 149 cm³/mol. The number of amides is 1. The van der Waals surface area contributed by atoms with Crippen LogP contribution in [-0.4, -0.2) is 92.6 Å². The second-order valence-electron chi connectivity index (χ2n) is 12.0. The highest BCUT2D eigenvalue weighted by Crippen LogP contribution is 2.50. The zero-order chi connectivity index (χ0) is 34.0. The Bertz CT molecular complexity index is 1070. The van der Waals surface area contributed by atoms with Crippen LogP contribution in [-0.2, 0) is 70.8 Å². The number of hydrogen-bond acceptors (Lipinski definition) is 15. The topological polar surface area (TPSA) is 205 Å². The quantitative estimate of drug-likeness (QED) is 0.131. The zero-order valence-corrected chi connectivity index (χ0v) is 27.7. The van der Waals surface area contributed by atoms with E-state index in [1.54, 1.807) is 41.5 Å². The molecule has 1 aliphatic heterocycles. The molecule has 1 fully saturated rings. The lowest BCUT2D eigenvalue weighted by Gasteiger charge is -2.45. The zero-order valence-electron chi connectivity index (χ0n) is 26.8. The molecule has 0 aromatic rings. The molecule has 0 aromatic carbocycles. The first-order chi connectivity index (χ1) is 20.1. The summed E-state index contributed by atoms with van der Waals surface area (Å²) in [7, 11) is -4.44. The van der Waals surface area contributed by atoms with Crippen molar-refractivity contribution in [3.8, 4) is 0 Å². The average Bonchev–Trinajstić information content (AvgIpc) is 2.84. The molecular formula is C27H44NO15P. The first kappa shape index (κ1) is 39.0. The number of carbonyl (C=O) groups is 6. The maximum Gasteiger partial charge on any atom is 0.339 e. The maximum atomic E-state index is 14.0. The van der Waals surface area contributed by atoms with Gasteiger partial charge >= 0.3 is 37.4 Å². The van der Waals surface area contributed by atoms with Crippen molar-refractivity contribution in [1.82, 2.24) is 5.32 Å². The van der Waals surface area contributed by atoms with Crippen LogP contribution in [0, 0.1) is 10.8 Å². The molecule has 1 aliphatic rings. The number of esters is 5. The molecule has 0 bridgehead atoms. The van der Waals surface area contributed by atoms with Crippen molar-refractivity contribution in [2.24, 2.45) is 10.8 Å². The monoisotopic (exact) mass is 653 g/mol. The van der Waals surface area contributed by atoms with Crippen molar-refractivity contribution in [3.05, 3.63) is 0 Å². The summed E-state index contributed by atoms with van der Waals surface area (Å²) in [4.78, 5) is 72.4. The van der Waals surface area contributed by atoms with Gasteiger partial charge in [-0.05, 0) is 41.5 Å². The second-order valence-corrected chi connectivity index (χ2v) is 14.1. The molecule has 1 rings (SSSR count). The van der Waals surface area contributed by atoms with Crippen molar-refractivity contribution in [3.63, 3.8) is 0 Å². The predicted octanol–water partition coefficient (Wildman–Crippen LogP) is 2.00. The number of nitrogens with one attached hydrogen (secondary N) is 1. The molecule has 0 spiro atoms. The number of carbonyl (C=O) groups excluding carboxylic acids is 6. The van der Waals surface area contributed by atoms with Gasteiger partial charge in [0.15, 0.2) is 12.2 Å². The van der Waals surface area contributed by atoms with Gasteiger partial charge in [-0.2, -0.15) is 0 Å². The lowest BCUT2D eigenvalue weighted by Crippen LogP contribution is -2.66. The molecule has 16 nitrogen and oxygen atoms in total. The van der Waals surface area contributed by atoms with Gasteiger partial charge in [0.1, 0.15) is 12.7 Å². The number of hydrogen-bond donors (Lipinski definition) is 1. The van der Waals surface area contributed by atoms with Crippen LogP contribution in [0.15, 0.2) is 0 Å². The third-order valence-electron chi connectivity index (χ3n) is 5.73. The van der Waals surface area contributed by atoms with Gasteiger partial charge in [0.05, 0.1) is 29.1 Å². The van der Waals surface area contributed by atoms with Crippen molar-refractivity contribution < 1.29 is 70.8 Å². The highest BCUT2D eigenvalue weighted by atomic mass is 31.2. The van der Waals surface area contributed by atoms with Crippen LogP contribution in [0.4, 0.5) is 0 Å². The Morgan fingerprint density at radius 1 is 0.682 bits per heavy atom. The maximum absolute atomic E-state index is 14.0. The molecule has 1 N–H and O–H groups in total. The van der Waals surface area contributed by atoms with Crippen LogP contribution in [0.1, 0.15) is 69.2 Å². The first-order valence-electron chi connectivity index (χ1n) is 13.7. The van der Waals surface area contributed by atoms with Crippen molar-refractivity contribution in [2.45, 2.75) is 99.7 Å². The smallest absolute Gasteiger partial charge is 0.339 e. The van der Waals surface area contributed by atoms with E-state index in [1.165, 1.54) is 0 Å². The largest absolute Gasteiger partial charge is 0.463 e.